The Morgan fingerprint density at radius 1 is 1.47 bits per heavy atom. The summed E-state index contributed by atoms with van der Waals surface area (Å²) in [4.78, 5) is 4.16. The Morgan fingerprint density at radius 3 is 2.80 bits per heavy atom. The van der Waals surface area contributed by atoms with Crippen LogP contribution in [0.3, 0.4) is 0 Å². The van der Waals surface area contributed by atoms with Crippen molar-refractivity contribution in [2.75, 3.05) is 6.61 Å². The van der Waals surface area contributed by atoms with E-state index >= 15 is 0 Å². The lowest BCUT2D eigenvalue weighted by Gasteiger charge is -2.32. The van der Waals surface area contributed by atoms with Crippen molar-refractivity contribution in [3.8, 4) is 11.6 Å². The number of ether oxygens (including phenoxy) is 2. The van der Waals surface area contributed by atoms with Crippen LogP contribution in [0.2, 0.25) is 0 Å². The SMILES string of the molecule is CCOc1ccc(O[C@H]2C[C@H](N)C2)nc1. The molecule has 0 bridgehead atoms. The van der Waals surface area contributed by atoms with Gasteiger partial charge in [0.05, 0.1) is 12.8 Å². The molecule has 0 unspecified atom stereocenters. The molecular weight excluding hydrogens is 192 g/mol. The monoisotopic (exact) mass is 208 g/mol. The van der Waals surface area contributed by atoms with E-state index in [9.17, 15) is 0 Å². The first-order chi connectivity index (χ1) is 7.28. The number of hydrogen-bond donors (Lipinski definition) is 1. The molecule has 2 rings (SSSR count). The lowest BCUT2D eigenvalue weighted by atomic mass is 9.90. The average Bonchev–Trinajstić information content (AvgIpc) is 2.19. The molecule has 15 heavy (non-hydrogen) atoms. The van der Waals surface area contributed by atoms with Gasteiger partial charge in [0, 0.05) is 12.1 Å². The van der Waals surface area contributed by atoms with Gasteiger partial charge in [-0.05, 0) is 25.8 Å². The lowest BCUT2D eigenvalue weighted by Crippen LogP contribution is -2.43. The van der Waals surface area contributed by atoms with Gasteiger partial charge in [0.25, 0.3) is 0 Å². The van der Waals surface area contributed by atoms with E-state index in [1.165, 1.54) is 0 Å². The third-order valence-corrected chi connectivity index (χ3v) is 2.44. The van der Waals surface area contributed by atoms with Crippen LogP contribution < -0.4 is 15.2 Å². The summed E-state index contributed by atoms with van der Waals surface area (Å²) in [5.74, 6) is 1.42. The fourth-order valence-electron chi connectivity index (χ4n) is 1.56. The minimum absolute atomic E-state index is 0.241. The van der Waals surface area contributed by atoms with E-state index in [2.05, 4.69) is 4.98 Å². The molecule has 1 aliphatic rings. The maximum absolute atomic E-state index is 5.67. The van der Waals surface area contributed by atoms with Gasteiger partial charge < -0.3 is 15.2 Å². The summed E-state index contributed by atoms with van der Waals surface area (Å²) >= 11 is 0. The largest absolute Gasteiger partial charge is 0.492 e. The van der Waals surface area contributed by atoms with E-state index in [4.69, 9.17) is 15.2 Å². The molecule has 4 heteroatoms. The van der Waals surface area contributed by atoms with Crippen molar-refractivity contribution in [2.24, 2.45) is 5.73 Å². The molecule has 0 aliphatic heterocycles. The van der Waals surface area contributed by atoms with Crippen molar-refractivity contribution in [2.45, 2.75) is 31.9 Å². The van der Waals surface area contributed by atoms with Crippen molar-refractivity contribution in [1.82, 2.24) is 4.98 Å². The second-order valence-electron chi connectivity index (χ2n) is 3.74. The summed E-state index contributed by atoms with van der Waals surface area (Å²) in [6.07, 6.45) is 3.77. The van der Waals surface area contributed by atoms with Gasteiger partial charge in [0.1, 0.15) is 11.9 Å². The molecule has 1 saturated carbocycles. The van der Waals surface area contributed by atoms with Crippen LogP contribution in [0.4, 0.5) is 0 Å². The van der Waals surface area contributed by atoms with E-state index in [1.807, 2.05) is 19.1 Å². The Kier molecular flexibility index (Phi) is 3.06. The smallest absolute Gasteiger partial charge is 0.213 e. The second kappa shape index (κ2) is 4.49. The maximum Gasteiger partial charge on any atom is 0.213 e. The van der Waals surface area contributed by atoms with E-state index in [0.717, 1.165) is 18.6 Å². The molecule has 1 aliphatic carbocycles. The summed E-state index contributed by atoms with van der Waals surface area (Å²) < 4.78 is 10.9. The highest BCUT2D eigenvalue weighted by atomic mass is 16.5. The van der Waals surface area contributed by atoms with Crippen LogP contribution in [0.15, 0.2) is 18.3 Å². The number of nitrogens with two attached hydrogens (primary N) is 1. The first-order valence-electron chi connectivity index (χ1n) is 5.29. The third kappa shape index (κ3) is 2.59. The van der Waals surface area contributed by atoms with Gasteiger partial charge in [0.2, 0.25) is 5.88 Å². The van der Waals surface area contributed by atoms with Crippen molar-refractivity contribution in [3.63, 3.8) is 0 Å². The summed E-state index contributed by atoms with van der Waals surface area (Å²) in [5.41, 5.74) is 5.67. The Morgan fingerprint density at radius 2 is 2.27 bits per heavy atom. The molecule has 0 atom stereocenters. The van der Waals surface area contributed by atoms with Gasteiger partial charge in [-0.15, -0.1) is 0 Å². The molecule has 2 N–H and O–H groups in total. The molecule has 82 valence electrons. The number of hydrogen-bond acceptors (Lipinski definition) is 4. The number of aromatic nitrogens is 1. The van der Waals surface area contributed by atoms with Gasteiger partial charge >= 0.3 is 0 Å². The minimum Gasteiger partial charge on any atom is -0.492 e. The van der Waals surface area contributed by atoms with Gasteiger partial charge in [-0.25, -0.2) is 4.98 Å². The van der Waals surface area contributed by atoms with Crippen LogP contribution in [0.5, 0.6) is 11.6 Å². The maximum atomic E-state index is 5.67. The summed E-state index contributed by atoms with van der Waals surface area (Å²) in [5, 5.41) is 0. The van der Waals surface area contributed by atoms with Crippen LogP contribution in [0.25, 0.3) is 0 Å². The van der Waals surface area contributed by atoms with Crippen LogP contribution >= 0.6 is 0 Å². The van der Waals surface area contributed by atoms with Gasteiger partial charge in [0.15, 0.2) is 0 Å². The average molecular weight is 208 g/mol. The van der Waals surface area contributed by atoms with Crippen LogP contribution in [0.1, 0.15) is 19.8 Å². The highest BCUT2D eigenvalue weighted by Gasteiger charge is 2.27. The molecule has 1 aromatic rings. The molecule has 0 radical (unpaired) electrons. The highest BCUT2D eigenvalue weighted by molar-refractivity contribution is 5.23. The first kappa shape index (κ1) is 10.2. The molecule has 0 amide bonds. The summed E-state index contributed by atoms with van der Waals surface area (Å²) in [6.45, 7) is 2.60. The fourth-order valence-corrected chi connectivity index (χ4v) is 1.56. The van der Waals surface area contributed by atoms with Gasteiger partial charge in [-0.3, -0.25) is 0 Å². The molecule has 0 saturated heterocycles. The van der Waals surface area contributed by atoms with Gasteiger partial charge in [-0.1, -0.05) is 0 Å². The Bertz CT molecular complexity index is 307. The third-order valence-electron chi connectivity index (χ3n) is 2.44. The predicted octanol–water partition coefficient (Wildman–Crippen LogP) is 1.35. The quantitative estimate of drug-likeness (QED) is 0.811. The van der Waals surface area contributed by atoms with Crippen molar-refractivity contribution >= 4 is 0 Å². The minimum atomic E-state index is 0.241. The molecule has 1 fully saturated rings. The lowest BCUT2D eigenvalue weighted by molar-refractivity contribution is 0.0957. The van der Waals surface area contributed by atoms with Crippen molar-refractivity contribution < 1.29 is 9.47 Å². The Labute approximate surface area is 89.4 Å². The second-order valence-corrected chi connectivity index (χ2v) is 3.74. The van der Waals surface area contributed by atoms with Crippen LogP contribution in [-0.2, 0) is 0 Å². The van der Waals surface area contributed by atoms with E-state index in [0.29, 0.717) is 18.5 Å². The summed E-state index contributed by atoms with van der Waals surface area (Å²) in [6, 6.07) is 4.00. The first-order valence-corrected chi connectivity index (χ1v) is 5.29. The zero-order valence-corrected chi connectivity index (χ0v) is 8.85. The highest BCUT2D eigenvalue weighted by Crippen LogP contribution is 2.24. The van der Waals surface area contributed by atoms with Crippen LogP contribution in [-0.4, -0.2) is 23.7 Å². The molecule has 0 spiro atoms. The molecule has 4 nitrogen and oxygen atoms in total. The van der Waals surface area contributed by atoms with Crippen molar-refractivity contribution in [3.05, 3.63) is 18.3 Å². The Hall–Kier alpha value is -1.29. The summed E-state index contributed by atoms with van der Waals surface area (Å²) in [7, 11) is 0. The number of rotatable bonds is 4. The predicted molar refractivity (Wildman–Crippen MR) is 57.0 cm³/mol. The normalized spacial score (nSPS) is 24.4. The molecular formula is C11H16N2O2. The van der Waals surface area contributed by atoms with Gasteiger partial charge in [-0.2, -0.15) is 0 Å². The number of nitrogens with zero attached hydrogens (tertiary/aromatic N) is 1. The van der Waals surface area contributed by atoms with E-state index in [-0.39, 0.29) is 6.10 Å². The van der Waals surface area contributed by atoms with Crippen LogP contribution in [0, 0.1) is 0 Å². The molecule has 1 aromatic heterocycles. The van der Waals surface area contributed by atoms with Crippen molar-refractivity contribution in [1.29, 1.82) is 0 Å². The van der Waals surface area contributed by atoms with E-state index < -0.39 is 0 Å². The molecule has 1 heterocycles. The Balaban J connectivity index is 1.87. The standard InChI is InChI=1S/C11H16N2O2/c1-2-14-9-3-4-11(13-7-9)15-10-5-8(12)6-10/h3-4,7-8,10H,2,5-6,12H2,1H3/t8-,10-. The fraction of sp³-hybridized carbons (Fsp3) is 0.545. The van der Waals surface area contributed by atoms with E-state index in [1.54, 1.807) is 6.20 Å². The zero-order chi connectivity index (χ0) is 10.7. The zero-order valence-electron chi connectivity index (χ0n) is 8.85. The number of pyridine rings is 1. The molecule has 0 aromatic carbocycles. The topological polar surface area (TPSA) is 57.4 Å².